The summed E-state index contributed by atoms with van der Waals surface area (Å²) in [6.45, 7) is 5.23. The first-order valence-electron chi connectivity index (χ1n) is 10.2. The lowest BCUT2D eigenvalue weighted by Crippen LogP contribution is -2.65. The topological polar surface area (TPSA) is 124 Å². The molecule has 0 aromatic heterocycles. The number of hydroxylamine groups is 1. The van der Waals surface area contributed by atoms with Crippen LogP contribution in [0.15, 0.2) is 29.2 Å². The molecule has 0 bridgehead atoms. The van der Waals surface area contributed by atoms with Crippen LogP contribution in [0.5, 0.6) is 5.75 Å². The van der Waals surface area contributed by atoms with Crippen LogP contribution < -0.4 is 10.2 Å². The van der Waals surface area contributed by atoms with Gasteiger partial charge >= 0.3 is 0 Å². The van der Waals surface area contributed by atoms with Gasteiger partial charge < -0.3 is 19.3 Å². The van der Waals surface area contributed by atoms with Crippen molar-refractivity contribution in [1.82, 2.24) is 9.79 Å². The van der Waals surface area contributed by atoms with Crippen LogP contribution >= 0.6 is 0 Å². The number of β-amino-alcohol motifs (C(OH)–C–C–N with tert-alkyl or cyclic N) is 1. The van der Waals surface area contributed by atoms with E-state index in [1.165, 1.54) is 31.4 Å². The van der Waals surface area contributed by atoms with Crippen molar-refractivity contribution in [1.29, 1.82) is 0 Å². The number of methoxy groups -OCH3 is 1. The number of hydrogen-bond donors (Lipinski definition) is 2. The molecule has 2 aliphatic rings. The SMILES string of the molecule is CCCCONC(=O)[C@H]1[C@H]2OC(C)(C)O[C@@H]2[C@H](O)CN1S(=O)(=O)c1ccc(OC)cc1. The first kappa shape index (κ1) is 23.9. The maximum absolute atomic E-state index is 13.4. The number of nitrogens with one attached hydrogen (secondary N) is 1. The number of hydrogen-bond acceptors (Lipinski definition) is 8. The van der Waals surface area contributed by atoms with Crippen molar-refractivity contribution in [2.24, 2.45) is 0 Å². The Balaban J connectivity index is 1.94. The normalized spacial score (nSPS) is 28.2. The molecular weight excluding hydrogens is 428 g/mol. The zero-order valence-electron chi connectivity index (χ0n) is 18.1. The zero-order valence-corrected chi connectivity index (χ0v) is 18.9. The lowest BCUT2D eigenvalue weighted by atomic mass is 9.95. The van der Waals surface area contributed by atoms with E-state index in [0.717, 1.165) is 17.1 Å². The third-order valence-electron chi connectivity index (χ3n) is 5.24. The Bertz CT molecular complexity index is 874. The molecule has 0 unspecified atom stereocenters. The number of carbonyl (C=O) groups is 1. The summed E-state index contributed by atoms with van der Waals surface area (Å²) < 4.78 is 44.5. The van der Waals surface area contributed by atoms with E-state index in [0.29, 0.717) is 12.4 Å². The second-order valence-corrected chi connectivity index (χ2v) is 9.89. The highest BCUT2D eigenvalue weighted by atomic mass is 32.2. The van der Waals surface area contributed by atoms with E-state index in [4.69, 9.17) is 19.0 Å². The van der Waals surface area contributed by atoms with Crippen molar-refractivity contribution in [3.63, 3.8) is 0 Å². The molecule has 2 heterocycles. The van der Waals surface area contributed by atoms with Gasteiger partial charge in [-0.25, -0.2) is 13.9 Å². The maximum Gasteiger partial charge on any atom is 0.264 e. The van der Waals surface area contributed by atoms with Crippen LogP contribution in [0, 0.1) is 0 Å². The molecule has 174 valence electrons. The molecule has 2 N–H and O–H groups in total. The van der Waals surface area contributed by atoms with E-state index in [1.807, 2.05) is 6.92 Å². The average molecular weight is 459 g/mol. The van der Waals surface area contributed by atoms with E-state index in [1.54, 1.807) is 13.8 Å². The molecule has 0 radical (unpaired) electrons. The Kier molecular flexibility index (Phi) is 7.24. The van der Waals surface area contributed by atoms with Gasteiger partial charge in [-0.05, 0) is 44.5 Å². The lowest BCUT2D eigenvalue weighted by Gasteiger charge is -2.41. The minimum atomic E-state index is -4.16. The first-order chi connectivity index (χ1) is 14.6. The van der Waals surface area contributed by atoms with Gasteiger partial charge in [0.05, 0.1) is 24.7 Å². The van der Waals surface area contributed by atoms with Crippen molar-refractivity contribution >= 4 is 15.9 Å². The molecule has 0 spiro atoms. The number of ether oxygens (including phenoxy) is 3. The molecule has 4 atom stereocenters. The van der Waals surface area contributed by atoms with Crippen LogP contribution in [0.25, 0.3) is 0 Å². The van der Waals surface area contributed by atoms with E-state index < -0.39 is 46.1 Å². The van der Waals surface area contributed by atoms with Gasteiger partial charge in [0.15, 0.2) is 5.79 Å². The molecule has 1 amide bonds. The molecule has 3 rings (SSSR count). The van der Waals surface area contributed by atoms with Gasteiger partial charge in [-0.1, -0.05) is 13.3 Å². The number of benzene rings is 1. The number of piperidine rings is 1. The number of unbranched alkanes of at least 4 members (excludes halogenated alkanes) is 1. The summed E-state index contributed by atoms with van der Waals surface area (Å²) in [5.41, 5.74) is 2.33. The summed E-state index contributed by atoms with van der Waals surface area (Å²) in [5.74, 6) is -1.28. The van der Waals surface area contributed by atoms with Crippen LogP contribution in [-0.2, 0) is 29.1 Å². The smallest absolute Gasteiger partial charge is 0.264 e. The molecule has 31 heavy (non-hydrogen) atoms. The van der Waals surface area contributed by atoms with Crippen molar-refractivity contribution in [3.8, 4) is 5.75 Å². The summed E-state index contributed by atoms with van der Waals surface area (Å²) >= 11 is 0. The monoisotopic (exact) mass is 458 g/mol. The fraction of sp³-hybridized carbons (Fsp3) is 0.650. The maximum atomic E-state index is 13.4. The second kappa shape index (κ2) is 9.39. The molecule has 1 aromatic rings. The van der Waals surface area contributed by atoms with Crippen LogP contribution in [0.4, 0.5) is 0 Å². The van der Waals surface area contributed by atoms with Crippen molar-refractivity contribution in [3.05, 3.63) is 24.3 Å². The number of fused-ring (bicyclic) bond motifs is 1. The van der Waals surface area contributed by atoms with Crippen LogP contribution in [0.1, 0.15) is 33.6 Å². The molecule has 2 saturated heterocycles. The van der Waals surface area contributed by atoms with Gasteiger partial charge in [0.1, 0.15) is 24.0 Å². The first-order valence-corrected chi connectivity index (χ1v) is 11.7. The molecular formula is C20H30N2O8S. The molecule has 11 heteroatoms. The van der Waals surface area contributed by atoms with Crippen molar-refractivity contribution in [2.75, 3.05) is 20.3 Å². The summed E-state index contributed by atoms with van der Waals surface area (Å²) in [6, 6.07) is 4.50. The van der Waals surface area contributed by atoms with E-state index >= 15 is 0 Å². The van der Waals surface area contributed by atoms with Gasteiger partial charge in [0.25, 0.3) is 5.91 Å². The van der Waals surface area contributed by atoms with Crippen LogP contribution in [-0.4, -0.2) is 74.1 Å². The Morgan fingerprint density at radius 2 is 1.90 bits per heavy atom. The lowest BCUT2D eigenvalue weighted by molar-refractivity contribution is -0.156. The predicted octanol–water partition coefficient (Wildman–Crippen LogP) is 0.797. The highest BCUT2D eigenvalue weighted by Crippen LogP contribution is 2.38. The Morgan fingerprint density at radius 1 is 1.26 bits per heavy atom. The van der Waals surface area contributed by atoms with Gasteiger partial charge in [0.2, 0.25) is 10.0 Å². The minimum Gasteiger partial charge on any atom is -0.497 e. The fourth-order valence-electron chi connectivity index (χ4n) is 3.73. The van der Waals surface area contributed by atoms with Crippen LogP contribution in [0.3, 0.4) is 0 Å². The summed E-state index contributed by atoms with van der Waals surface area (Å²) in [4.78, 5) is 18.2. The molecule has 10 nitrogen and oxygen atoms in total. The molecule has 2 fully saturated rings. The third-order valence-corrected chi connectivity index (χ3v) is 7.10. The number of amides is 1. The van der Waals surface area contributed by atoms with Crippen molar-refractivity contribution in [2.45, 2.75) is 68.6 Å². The Morgan fingerprint density at radius 3 is 2.52 bits per heavy atom. The number of aliphatic hydroxyl groups is 1. The Hall–Kier alpha value is -1.76. The third kappa shape index (κ3) is 5.02. The predicted molar refractivity (Wildman–Crippen MR) is 110 cm³/mol. The van der Waals surface area contributed by atoms with Crippen LogP contribution in [0.2, 0.25) is 0 Å². The number of nitrogens with zero attached hydrogens (tertiary/aromatic N) is 1. The van der Waals surface area contributed by atoms with Gasteiger partial charge in [0, 0.05) is 6.54 Å². The highest BCUT2D eigenvalue weighted by Gasteiger charge is 2.58. The minimum absolute atomic E-state index is 0.0400. The number of rotatable bonds is 8. The van der Waals surface area contributed by atoms with E-state index in [9.17, 15) is 18.3 Å². The number of carbonyl (C=O) groups excluding carboxylic acids is 1. The fourth-order valence-corrected chi connectivity index (χ4v) is 5.35. The molecule has 2 aliphatic heterocycles. The summed E-state index contributed by atoms with van der Waals surface area (Å²) in [7, 11) is -2.68. The van der Waals surface area contributed by atoms with Gasteiger partial charge in [-0.2, -0.15) is 4.31 Å². The largest absolute Gasteiger partial charge is 0.497 e. The second-order valence-electron chi connectivity index (χ2n) is 8.00. The Labute approximate surface area is 182 Å². The number of aliphatic hydroxyl groups excluding tert-OH is 1. The summed E-state index contributed by atoms with van der Waals surface area (Å²) in [6.07, 6.45) is -1.44. The quantitative estimate of drug-likeness (QED) is 0.433. The number of sulfonamides is 1. The zero-order chi connectivity index (χ0) is 22.8. The summed E-state index contributed by atoms with van der Waals surface area (Å²) in [5, 5.41) is 10.6. The standard InChI is InChI=1S/C20H30N2O8S/c1-5-6-11-28-21-19(24)16-18-17(29-20(2,3)30-18)15(23)12-22(16)31(25,26)14-9-7-13(27-4)8-10-14/h7-10,15-18,23H,5-6,11-12H2,1-4H3,(H,21,24)/t15-,16-,17-,18-/m1/s1. The van der Waals surface area contributed by atoms with Crippen molar-refractivity contribution < 1.29 is 37.4 Å². The van der Waals surface area contributed by atoms with Gasteiger partial charge in [-0.3, -0.25) is 9.63 Å². The average Bonchev–Trinajstić information content (AvgIpc) is 3.06. The van der Waals surface area contributed by atoms with Gasteiger partial charge in [-0.15, -0.1) is 0 Å². The van der Waals surface area contributed by atoms with E-state index in [-0.39, 0.29) is 11.4 Å². The molecule has 0 aliphatic carbocycles. The molecule has 0 saturated carbocycles. The highest BCUT2D eigenvalue weighted by molar-refractivity contribution is 7.89. The molecule has 1 aromatic carbocycles. The van der Waals surface area contributed by atoms with E-state index in [2.05, 4.69) is 5.48 Å².